The van der Waals surface area contributed by atoms with Gasteiger partial charge in [0.05, 0.1) is 18.0 Å². The van der Waals surface area contributed by atoms with E-state index in [2.05, 4.69) is 5.32 Å². The molecule has 2 N–H and O–H groups in total. The van der Waals surface area contributed by atoms with Crippen LogP contribution in [-0.4, -0.2) is 29.7 Å². The Bertz CT molecular complexity index is 401. The average Bonchev–Trinajstić information content (AvgIpc) is 2.30. The number of carbonyl (C=O) groups excluding carboxylic acids is 2. The molecule has 2 atom stereocenters. The topological polar surface area (TPSA) is 113 Å². The molecular formula is C11H11K2NO5. The molecule has 0 spiro atoms. The van der Waals surface area contributed by atoms with Gasteiger partial charge in [-0.15, -0.1) is 0 Å². The van der Waals surface area contributed by atoms with E-state index in [4.69, 9.17) is 0 Å². The minimum absolute atomic E-state index is 0. The van der Waals surface area contributed by atoms with Crippen LogP contribution in [-0.2, 0) is 9.59 Å². The van der Waals surface area contributed by atoms with Crippen molar-refractivity contribution in [3.63, 3.8) is 0 Å². The summed E-state index contributed by atoms with van der Waals surface area (Å²) in [6, 6.07) is 7.08. The van der Waals surface area contributed by atoms with Gasteiger partial charge in [-0.25, -0.2) is 0 Å². The van der Waals surface area contributed by atoms with Gasteiger partial charge in [-0.3, -0.25) is 0 Å². The Kier molecular flexibility index (Phi) is 14.2. The van der Waals surface area contributed by atoms with Crippen LogP contribution in [0.1, 0.15) is 11.6 Å². The number of hydrogen-bond acceptors (Lipinski definition) is 6. The van der Waals surface area contributed by atoms with Gasteiger partial charge in [0.1, 0.15) is 6.10 Å². The van der Waals surface area contributed by atoms with Crippen molar-refractivity contribution in [2.75, 3.05) is 6.54 Å². The van der Waals surface area contributed by atoms with Crippen molar-refractivity contribution in [2.24, 2.45) is 0 Å². The van der Waals surface area contributed by atoms with Gasteiger partial charge < -0.3 is 30.2 Å². The first-order valence-electron chi connectivity index (χ1n) is 4.89. The van der Waals surface area contributed by atoms with Crippen LogP contribution in [0.15, 0.2) is 30.3 Å². The van der Waals surface area contributed by atoms with Crippen LogP contribution >= 0.6 is 0 Å². The number of rotatable bonds is 6. The third-order valence-electron chi connectivity index (χ3n) is 2.18. The maximum absolute atomic E-state index is 10.6. The summed E-state index contributed by atoms with van der Waals surface area (Å²) in [7, 11) is 0. The van der Waals surface area contributed by atoms with Crippen molar-refractivity contribution in [2.45, 2.75) is 12.1 Å². The molecule has 0 bridgehead atoms. The van der Waals surface area contributed by atoms with E-state index in [1.807, 2.05) is 0 Å². The Morgan fingerprint density at radius 2 is 1.68 bits per heavy atom. The van der Waals surface area contributed by atoms with Crippen molar-refractivity contribution in [1.29, 1.82) is 0 Å². The molecule has 0 aliphatic rings. The van der Waals surface area contributed by atoms with Crippen molar-refractivity contribution in [1.82, 2.24) is 5.32 Å². The summed E-state index contributed by atoms with van der Waals surface area (Å²) >= 11 is 0. The van der Waals surface area contributed by atoms with Gasteiger partial charge >= 0.3 is 103 Å². The molecule has 0 aliphatic carbocycles. The largest absolute Gasteiger partial charge is 1.00 e. The van der Waals surface area contributed by atoms with Crippen LogP contribution in [0.3, 0.4) is 0 Å². The molecule has 0 amide bonds. The Morgan fingerprint density at radius 3 is 2.11 bits per heavy atom. The number of aliphatic carboxylic acids is 2. The van der Waals surface area contributed by atoms with Crippen molar-refractivity contribution < 1.29 is 128 Å². The molecule has 2 unspecified atom stereocenters. The minimum Gasteiger partial charge on any atom is -0.549 e. The van der Waals surface area contributed by atoms with E-state index in [0.29, 0.717) is 5.56 Å². The van der Waals surface area contributed by atoms with Crippen LogP contribution in [0.25, 0.3) is 0 Å². The van der Waals surface area contributed by atoms with E-state index in [9.17, 15) is 24.9 Å². The maximum atomic E-state index is 10.6. The molecule has 8 heteroatoms. The minimum atomic E-state index is -1.84. The molecule has 1 aromatic carbocycles. The number of hydrogen-bond donors (Lipinski definition) is 2. The molecule has 0 aromatic heterocycles. The summed E-state index contributed by atoms with van der Waals surface area (Å²) in [5.74, 6) is -3.07. The predicted molar refractivity (Wildman–Crippen MR) is 53.2 cm³/mol. The first kappa shape index (κ1) is 22.6. The van der Waals surface area contributed by atoms with E-state index in [1.165, 1.54) is 0 Å². The summed E-state index contributed by atoms with van der Waals surface area (Å²) in [4.78, 5) is 20.9. The number of carbonyl (C=O) groups is 2. The van der Waals surface area contributed by atoms with E-state index >= 15 is 0 Å². The number of carboxylic acid groups (broad SMARTS) is 2. The van der Waals surface area contributed by atoms with Crippen LogP contribution in [0.5, 0.6) is 0 Å². The van der Waals surface area contributed by atoms with Crippen LogP contribution in [0.2, 0.25) is 0 Å². The van der Waals surface area contributed by atoms with Gasteiger partial charge in [0, 0.05) is 6.54 Å². The first-order chi connectivity index (χ1) is 8.02. The second kappa shape index (κ2) is 12.0. The summed E-state index contributed by atoms with van der Waals surface area (Å²) in [6.07, 6.45) is -1.84. The van der Waals surface area contributed by atoms with Gasteiger partial charge in [0.2, 0.25) is 0 Å². The van der Waals surface area contributed by atoms with Crippen LogP contribution in [0, 0.1) is 0 Å². The fraction of sp³-hybridized carbons (Fsp3) is 0.273. The fourth-order valence-electron chi connectivity index (χ4n) is 1.40. The van der Waals surface area contributed by atoms with E-state index < -0.39 is 30.6 Å². The molecule has 1 rings (SSSR count). The number of benzene rings is 1. The normalized spacial score (nSPS) is 12.5. The van der Waals surface area contributed by atoms with E-state index in [0.717, 1.165) is 0 Å². The summed E-state index contributed by atoms with van der Waals surface area (Å²) in [5.41, 5.74) is 0.449. The van der Waals surface area contributed by atoms with Crippen molar-refractivity contribution in [3.05, 3.63) is 35.9 Å². The second-order valence-corrected chi connectivity index (χ2v) is 3.41. The SMILES string of the molecule is O=C([O-])CNC(c1ccccc1)C(O)C(=O)[O-].[K+].[K+]. The molecule has 6 nitrogen and oxygen atoms in total. The zero-order valence-electron chi connectivity index (χ0n) is 10.8. The van der Waals surface area contributed by atoms with Gasteiger partial charge in [-0.05, 0) is 5.56 Å². The van der Waals surface area contributed by atoms with Gasteiger partial charge in [0.25, 0.3) is 0 Å². The molecule has 0 saturated carbocycles. The Balaban J connectivity index is 0. The number of aliphatic hydroxyl groups is 1. The smallest absolute Gasteiger partial charge is 0.549 e. The summed E-state index contributed by atoms with van der Waals surface area (Å²) in [5, 5.41) is 32.7. The molecule has 19 heavy (non-hydrogen) atoms. The summed E-state index contributed by atoms with van der Waals surface area (Å²) in [6.45, 7) is -0.566. The first-order valence-corrected chi connectivity index (χ1v) is 4.89. The Morgan fingerprint density at radius 1 is 1.16 bits per heavy atom. The van der Waals surface area contributed by atoms with Crippen molar-refractivity contribution >= 4 is 11.9 Å². The number of nitrogens with one attached hydrogen (secondary N) is 1. The molecule has 1 aromatic rings. The number of carboxylic acids is 2. The average molecular weight is 315 g/mol. The molecule has 0 radical (unpaired) electrons. The number of aliphatic hydroxyl groups excluding tert-OH is 1. The molecule has 92 valence electrons. The van der Waals surface area contributed by atoms with Crippen LogP contribution < -0.4 is 118 Å². The second-order valence-electron chi connectivity index (χ2n) is 3.41. The molecule has 0 aliphatic heterocycles. The third kappa shape index (κ3) is 8.39. The molecule has 0 heterocycles. The Hall–Kier alpha value is 1.35. The maximum Gasteiger partial charge on any atom is 1.00 e. The van der Waals surface area contributed by atoms with Gasteiger partial charge in [-0.1, -0.05) is 30.3 Å². The van der Waals surface area contributed by atoms with Gasteiger partial charge in [0.15, 0.2) is 0 Å². The monoisotopic (exact) mass is 315 g/mol. The molecule has 0 saturated heterocycles. The zero-order valence-corrected chi connectivity index (χ0v) is 17.1. The zero-order chi connectivity index (χ0) is 12.8. The van der Waals surface area contributed by atoms with E-state index in [-0.39, 0.29) is 103 Å². The quantitative estimate of drug-likeness (QED) is 0.504. The third-order valence-corrected chi connectivity index (χ3v) is 2.18. The molecule has 0 fully saturated rings. The predicted octanol–water partition coefficient (Wildman–Crippen LogP) is -8.81. The van der Waals surface area contributed by atoms with E-state index in [1.54, 1.807) is 30.3 Å². The fourth-order valence-corrected chi connectivity index (χ4v) is 1.40. The van der Waals surface area contributed by atoms with Gasteiger partial charge in [-0.2, -0.15) is 0 Å². The van der Waals surface area contributed by atoms with Crippen molar-refractivity contribution in [3.8, 4) is 0 Å². The summed E-state index contributed by atoms with van der Waals surface area (Å²) < 4.78 is 0. The molecular weight excluding hydrogens is 304 g/mol. The standard InChI is InChI=1S/C11H13NO5.2K/c13-8(14)6-12-9(10(15)11(16)17)7-4-2-1-3-5-7;;/h1-5,9-10,12,15H,6H2,(H,13,14)(H,16,17);;/q;2*+1/p-2. The Labute approximate surface area is 195 Å². The van der Waals surface area contributed by atoms with Crippen LogP contribution in [0.4, 0.5) is 0 Å².